The van der Waals surface area contributed by atoms with E-state index in [1.807, 2.05) is 6.07 Å². The van der Waals surface area contributed by atoms with Crippen LogP contribution in [0.5, 0.6) is 5.75 Å². The molecule has 1 aromatic heterocycles. The van der Waals surface area contributed by atoms with Crippen LogP contribution in [0, 0.1) is 11.8 Å². The number of aliphatic hydroxyl groups is 1. The minimum atomic E-state index is -0.149. The molecule has 20 heavy (non-hydrogen) atoms. The van der Waals surface area contributed by atoms with Gasteiger partial charge in [-0.25, -0.2) is 0 Å². The highest BCUT2D eigenvalue weighted by Crippen LogP contribution is 2.34. The Balaban J connectivity index is 1.62. The van der Waals surface area contributed by atoms with Gasteiger partial charge in [0.1, 0.15) is 12.4 Å². The van der Waals surface area contributed by atoms with E-state index in [4.69, 9.17) is 9.84 Å². The van der Waals surface area contributed by atoms with Crippen molar-refractivity contribution in [3.8, 4) is 17.6 Å². The number of aliphatic hydroxyl groups excluding tert-OH is 1. The third-order valence-electron chi connectivity index (χ3n) is 3.44. The highest BCUT2D eigenvalue weighted by atomic mass is 16.5. The Kier molecular flexibility index (Phi) is 3.67. The van der Waals surface area contributed by atoms with Crippen molar-refractivity contribution in [3.05, 3.63) is 59.4 Å². The molecule has 0 spiro atoms. The molecule has 3 rings (SSSR count). The van der Waals surface area contributed by atoms with Gasteiger partial charge in [-0.2, -0.15) is 0 Å². The molecule has 1 N–H and O–H groups in total. The van der Waals surface area contributed by atoms with Crippen LogP contribution >= 0.6 is 0 Å². The Morgan fingerprint density at radius 3 is 3.05 bits per heavy atom. The average molecular weight is 265 g/mol. The quantitative estimate of drug-likeness (QED) is 0.865. The van der Waals surface area contributed by atoms with E-state index in [2.05, 4.69) is 41.1 Å². The summed E-state index contributed by atoms with van der Waals surface area (Å²) in [5.41, 5.74) is 3.56. The van der Waals surface area contributed by atoms with E-state index in [1.165, 1.54) is 11.1 Å². The molecule has 2 aromatic rings. The largest absolute Gasteiger partial charge is 0.491 e. The molecule has 3 nitrogen and oxygen atoms in total. The Morgan fingerprint density at radius 1 is 1.30 bits per heavy atom. The molecule has 0 radical (unpaired) electrons. The fourth-order valence-corrected chi connectivity index (χ4v) is 2.42. The van der Waals surface area contributed by atoms with Crippen molar-refractivity contribution in [1.82, 2.24) is 4.98 Å². The second-order valence-electron chi connectivity index (χ2n) is 4.78. The van der Waals surface area contributed by atoms with Crippen molar-refractivity contribution in [2.45, 2.75) is 12.3 Å². The smallest absolute Gasteiger partial charge is 0.138 e. The molecule has 3 heteroatoms. The highest BCUT2D eigenvalue weighted by Gasteiger charge is 2.25. The summed E-state index contributed by atoms with van der Waals surface area (Å²) < 4.78 is 5.79. The van der Waals surface area contributed by atoms with Crippen molar-refractivity contribution in [2.75, 3.05) is 13.2 Å². The first kappa shape index (κ1) is 12.7. The number of pyridine rings is 1. The van der Waals surface area contributed by atoms with Crippen molar-refractivity contribution in [2.24, 2.45) is 0 Å². The van der Waals surface area contributed by atoms with Crippen LogP contribution in [0.25, 0.3) is 0 Å². The number of hydrogen-bond acceptors (Lipinski definition) is 3. The topological polar surface area (TPSA) is 42.4 Å². The molecule has 1 atom stereocenters. The molecule has 0 amide bonds. The Labute approximate surface area is 118 Å². The van der Waals surface area contributed by atoms with Gasteiger partial charge in [-0.3, -0.25) is 4.98 Å². The van der Waals surface area contributed by atoms with Crippen molar-refractivity contribution in [3.63, 3.8) is 0 Å². The molecule has 1 unspecified atom stereocenters. The van der Waals surface area contributed by atoms with Gasteiger partial charge >= 0.3 is 0 Å². The second-order valence-corrected chi connectivity index (χ2v) is 4.78. The van der Waals surface area contributed by atoms with Crippen LogP contribution in [0.1, 0.15) is 22.6 Å². The van der Waals surface area contributed by atoms with Gasteiger partial charge in [0.05, 0.1) is 12.8 Å². The molecular weight excluding hydrogens is 250 g/mol. The maximum absolute atomic E-state index is 8.68. The lowest BCUT2D eigenvalue weighted by Gasteiger charge is -2.29. The van der Waals surface area contributed by atoms with E-state index in [1.54, 1.807) is 12.4 Å². The van der Waals surface area contributed by atoms with Crippen LogP contribution in [0.4, 0.5) is 0 Å². The van der Waals surface area contributed by atoms with E-state index < -0.39 is 0 Å². The number of ether oxygens (including phenoxy) is 1. The zero-order valence-corrected chi connectivity index (χ0v) is 11.0. The highest BCUT2D eigenvalue weighted by molar-refractivity contribution is 5.40. The molecule has 100 valence electrons. The van der Waals surface area contributed by atoms with E-state index >= 15 is 0 Å². The van der Waals surface area contributed by atoms with E-state index in [0.29, 0.717) is 12.5 Å². The van der Waals surface area contributed by atoms with Crippen molar-refractivity contribution >= 4 is 0 Å². The van der Waals surface area contributed by atoms with Crippen LogP contribution in [0.3, 0.4) is 0 Å². The number of aromatic nitrogens is 1. The maximum atomic E-state index is 8.68. The number of rotatable bonds is 3. The molecule has 0 bridgehead atoms. The fourth-order valence-electron chi connectivity index (χ4n) is 2.42. The van der Waals surface area contributed by atoms with Gasteiger partial charge in [0.2, 0.25) is 0 Å². The van der Waals surface area contributed by atoms with Crippen LogP contribution < -0.4 is 4.74 Å². The summed E-state index contributed by atoms with van der Waals surface area (Å²) in [7, 11) is 0. The predicted octanol–water partition coefficient (Wildman–Crippen LogP) is 2.14. The first-order chi connectivity index (χ1) is 9.86. The lowest BCUT2D eigenvalue weighted by Crippen LogP contribution is -2.23. The lowest BCUT2D eigenvalue weighted by atomic mass is 9.78. The molecule has 0 fully saturated rings. The van der Waals surface area contributed by atoms with Crippen LogP contribution in [0.2, 0.25) is 0 Å². The van der Waals surface area contributed by atoms with Gasteiger partial charge in [0.15, 0.2) is 0 Å². The van der Waals surface area contributed by atoms with Gasteiger partial charge in [0.25, 0.3) is 0 Å². The molecule has 1 aliphatic carbocycles. The molecule has 1 heterocycles. The summed E-state index contributed by atoms with van der Waals surface area (Å²) in [5.74, 6) is 6.62. The normalized spacial score (nSPS) is 15.6. The van der Waals surface area contributed by atoms with Gasteiger partial charge in [-0.15, -0.1) is 0 Å². The predicted molar refractivity (Wildman–Crippen MR) is 76.6 cm³/mol. The van der Waals surface area contributed by atoms with Gasteiger partial charge in [-0.1, -0.05) is 36.1 Å². The van der Waals surface area contributed by atoms with Crippen LogP contribution in [0.15, 0.2) is 42.7 Å². The van der Waals surface area contributed by atoms with E-state index in [9.17, 15) is 0 Å². The van der Waals surface area contributed by atoms with Gasteiger partial charge < -0.3 is 9.84 Å². The first-order valence-electron chi connectivity index (χ1n) is 6.62. The molecular formula is C17H15NO2. The Hall–Kier alpha value is -2.31. The second kappa shape index (κ2) is 5.77. The standard InChI is InChI=1S/C17H15NO2/c19-7-3-4-13-8-16(11-18-10-13)20-12-15-9-14-5-1-2-6-17(14)15/h1-2,5-6,8,10-11,15,19H,7,9,12H2. The maximum Gasteiger partial charge on any atom is 0.138 e. The zero-order valence-electron chi connectivity index (χ0n) is 11.0. The number of benzene rings is 1. The van der Waals surface area contributed by atoms with Crippen molar-refractivity contribution < 1.29 is 9.84 Å². The molecule has 1 aliphatic rings. The van der Waals surface area contributed by atoms with Gasteiger partial charge in [0, 0.05) is 17.7 Å². The van der Waals surface area contributed by atoms with Crippen molar-refractivity contribution in [1.29, 1.82) is 0 Å². The molecule has 1 aromatic carbocycles. The molecule has 0 saturated carbocycles. The summed E-state index contributed by atoms with van der Waals surface area (Å²) in [6.07, 6.45) is 4.43. The summed E-state index contributed by atoms with van der Waals surface area (Å²) in [5, 5.41) is 8.68. The zero-order chi connectivity index (χ0) is 13.8. The number of nitrogens with zero attached hydrogens (tertiary/aromatic N) is 1. The minimum Gasteiger partial charge on any atom is -0.491 e. The number of fused-ring (bicyclic) bond motifs is 1. The fraction of sp³-hybridized carbons (Fsp3) is 0.235. The monoisotopic (exact) mass is 265 g/mol. The Bertz CT molecular complexity index is 670. The first-order valence-corrected chi connectivity index (χ1v) is 6.62. The lowest BCUT2D eigenvalue weighted by molar-refractivity contribution is 0.274. The SMILES string of the molecule is OCC#Cc1cncc(OCC2Cc3ccccc32)c1. The van der Waals surface area contributed by atoms with Crippen LogP contribution in [-0.4, -0.2) is 23.3 Å². The Morgan fingerprint density at radius 2 is 2.20 bits per heavy atom. The molecule has 0 saturated heterocycles. The number of hydrogen-bond donors (Lipinski definition) is 1. The summed E-state index contributed by atoms with van der Waals surface area (Å²) in [6, 6.07) is 10.3. The van der Waals surface area contributed by atoms with E-state index in [0.717, 1.165) is 17.7 Å². The third kappa shape index (κ3) is 2.66. The molecule has 0 aliphatic heterocycles. The minimum absolute atomic E-state index is 0.149. The van der Waals surface area contributed by atoms with Gasteiger partial charge in [-0.05, 0) is 23.6 Å². The van der Waals surface area contributed by atoms with Crippen LogP contribution in [-0.2, 0) is 6.42 Å². The summed E-state index contributed by atoms with van der Waals surface area (Å²) in [4.78, 5) is 4.09. The average Bonchev–Trinajstić information content (AvgIpc) is 2.46. The summed E-state index contributed by atoms with van der Waals surface area (Å²) in [6.45, 7) is 0.513. The van der Waals surface area contributed by atoms with E-state index in [-0.39, 0.29) is 6.61 Å². The summed E-state index contributed by atoms with van der Waals surface area (Å²) >= 11 is 0. The third-order valence-corrected chi connectivity index (χ3v) is 3.44.